The molecule has 2 aromatic carbocycles. The summed E-state index contributed by atoms with van der Waals surface area (Å²) in [6, 6.07) is 16.5. The SMILES string of the molecule is CC[C@H]1CCCCN1CCCNC(=O)c1[nH]c2ccccc2c1Sc1ccc(Cl)cc1. The lowest BCUT2D eigenvalue weighted by Crippen LogP contribution is -2.40. The van der Waals surface area contributed by atoms with Gasteiger partial charge in [0.25, 0.3) is 5.91 Å². The third-order valence-corrected chi connectivity index (χ3v) is 7.44. The van der Waals surface area contributed by atoms with Crippen LogP contribution in [0.25, 0.3) is 10.9 Å². The second kappa shape index (κ2) is 10.6. The van der Waals surface area contributed by atoms with Crippen molar-refractivity contribution >= 4 is 40.2 Å². The maximum absolute atomic E-state index is 13.1. The van der Waals surface area contributed by atoms with Crippen LogP contribution in [-0.2, 0) is 0 Å². The second-order valence-electron chi connectivity index (χ2n) is 8.13. The number of aromatic amines is 1. The molecule has 1 saturated heterocycles. The summed E-state index contributed by atoms with van der Waals surface area (Å²) in [6.07, 6.45) is 6.14. The fourth-order valence-corrected chi connectivity index (χ4v) is 5.56. The van der Waals surface area contributed by atoms with E-state index in [9.17, 15) is 4.79 Å². The van der Waals surface area contributed by atoms with Gasteiger partial charge in [-0.25, -0.2) is 0 Å². The van der Waals surface area contributed by atoms with Crippen LogP contribution >= 0.6 is 23.4 Å². The number of carbonyl (C=O) groups excluding carboxylic acids is 1. The van der Waals surface area contributed by atoms with E-state index in [1.54, 1.807) is 11.8 Å². The Balaban J connectivity index is 1.43. The lowest BCUT2D eigenvalue weighted by molar-refractivity contribution is 0.0940. The molecule has 0 aliphatic carbocycles. The summed E-state index contributed by atoms with van der Waals surface area (Å²) in [7, 11) is 0. The number of halogens is 1. The normalized spacial score (nSPS) is 17.2. The number of benzene rings is 2. The second-order valence-corrected chi connectivity index (χ2v) is 9.65. The number of amides is 1. The fourth-order valence-electron chi connectivity index (χ4n) is 4.39. The lowest BCUT2D eigenvalue weighted by Gasteiger charge is -2.35. The molecule has 1 fully saturated rings. The van der Waals surface area contributed by atoms with Crippen LogP contribution in [0, 0.1) is 0 Å². The van der Waals surface area contributed by atoms with E-state index in [1.165, 1.54) is 32.2 Å². The Labute approximate surface area is 193 Å². The molecule has 0 unspecified atom stereocenters. The van der Waals surface area contributed by atoms with Gasteiger partial charge in [0.15, 0.2) is 0 Å². The van der Waals surface area contributed by atoms with Crippen molar-refractivity contribution in [2.45, 2.75) is 54.9 Å². The molecule has 1 aliphatic heterocycles. The van der Waals surface area contributed by atoms with Crippen molar-refractivity contribution in [1.82, 2.24) is 15.2 Å². The van der Waals surface area contributed by atoms with E-state index >= 15 is 0 Å². The van der Waals surface area contributed by atoms with Crippen molar-refractivity contribution in [2.24, 2.45) is 0 Å². The highest BCUT2D eigenvalue weighted by Gasteiger charge is 2.21. The van der Waals surface area contributed by atoms with E-state index in [4.69, 9.17) is 11.6 Å². The zero-order chi connectivity index (χ0) is 21.6. The molecule has 164 valence electrons. The van der Waals surface area contributed by atoms with Gasteiger partial charge in [-0.15, -0.1) is 0 Å². The highest BCUT2D eigenvalue weighted by molar-refractivity contribution is 7.99. The molecule has 2 N–H and O–H groups in total. The lowest BCUT2D eigenvalue weighted by atomic mass is 10.00. The number of H-pyrrole nitrogens is 1. The van der Waals surface area contributed by atoms with Crippen LogP contribution in [0.15, 0.2) is 58.3 Å². The zero-order valence-corrected chi connectivity index (χ0v) is 19.6. The minimum Gasteiger partial charge on any atom is -0.351 e. The molecule has 1 amide bonds. The molecular weight excluding hydrogens is 426 g/mol. The zero-order valence-electron chi connectivity index (χ0n) is 18.0. The van der Waals surface area contributed by atoms with Gasteiger partial charge < -0.3 is 15.2 Å². The Morgan fingerprint density at radius 1 is 1.19 bits per heavy atom. The Kier molecular flexibility index (Phi) is 7.59. The molecule has 0 spiro atoms. The van der Waals surface area contributed by atoms with Crippen molar-refractivity contribution in [2.75, 3.05) is 19.6 Å². The van der Waals surface area contributed by atoms with E-state index < -0.39 is 0 Å². The van der Waals surface area contributed by atoms with E-state index in [0.717, 1.165) is 33.7 Å². The van der Waals surface area contributed by atoms with Gasteiger partial charge in [-0.1, -0.05) is 54.9 Å². The largest absolute Gasteiger partial charge is 0.351 e. The number of nitrogens with one attached hydrogen (secondary N) is 2. The third kappa shape index (κ3) is 5.46. The molecule has 1 aromatic heterocycles. The molecule has 0 radical (unpaired) electrons. The predicted octanol–water partition coefficient (Wildman–Crippen LogP) is 6.36. The minimum atomic E-state index is -0.0432. The number of carbonyl (C=O) groups is 1. The van der Waals surface area contributed by atoms with Crippen molar-refractivity contribution in [3.63, 3.8) is 0 Å². The van der Waals surface area contributed by atoms with Crippen molar-refractivity contribution in [3.05, 3.63) is 59.2 Å². The first-order valence-corrected chi connectivity index (χ1v) is 12.4. The third-order valence-electron chi connectivity index (χ3n) is 6.05. The molecule has 2 heterocycles. The highest BCUT2D eigenvalue weighted by atomic mass is 35.5. The number of para-hydroxylation sites is 1. The molecular formula is C25H30ClN3OS. The van der Waals surface area contributed by atoms with Crippen LogP contribution in [0.5, 0.6) is 0 Å². The molecule has 4 rings (SSSR count). The van der Waals surface area contributed by atoms with Gasteiger partial charge in [0.05, 0.1) is 4.90 Å². The standard InChI is InChI=1S/C25H30ClN3OS/c1-2-19-8-5-6-16-29(19)17-7-15-27-25(30)23-24(21-9-3-4-10-22(21)28-23)31-20-13-11-18(26)12-14-20/h3-4,9-14,19,28H,2,5-8,15-17H2,1H3,(H,27,30)/t19-/m0/s1. The molecule has 1 aliphatic rings. The summed E-state index contributed by atoms with van der Waals surface area (Å²) in [5.41, 5.74) is 1.61. The minimum absolute atomic E-state index is 0.0432. The summed E-state index contributed by atoms with van der Waals surface area (Å²) in [5, 5.41) is 4.91. The molecule has 0 saturated carbocycles. The average Bonchev–Trinajstić information content (AvgIpc) is 3.17. The number of likely N-dealkylation sites (tertiary alicyclic amines) is 1. The van der Waals surface area contributed by atoms with Crippen LogP contribution in [0.2, 0.25) is 5.02 Å². The first-order valence-electron chi connectivity index (χ1n) is 11.2. The smallest absolute Gasteiger partial charge is 0.268 e. The number of hydrogen-bond acceptors (Lipinski definition) is 3. The van der Waals surface area contributed by atoms with Crippen molar-refractivity contribution < 1.29 is 4.79 Å². The van der Waals surface area contributed by atoms with Gasteiger partial charge in [-0.3, -0.25) is 4.79 Å². The maximum atomic E-state index is 13.1. The number of piperidine rings is 1. The van der Waals surface area contributed by atoms with Gasteiger partial charge in [0.1, 0.15) is 5.69 Å². The molecule has 0 bridgehead atoms. The van der Waals surface area contributed by atoms with Gasteiger partial charge >= 0.3 is 0 Å². The Hall–Kier alpha value is -1.95. The summed E-state index contributed by atoms with van der Waals surface area (Å²) in [5.74, 6) is -0.0432. The van der Waals surface area contributed by atoms with Gasteiger partial charge in [0, 0.05) is 40.0 Å². The van der Waals surface area contributed by atoms with Gasteiger partial charge in [0.2, 0.25) is 0 Å². The topological polar surface area (TPSA) is 48.1 Å². The van der Waals surface area contributed by atoms with Crippen LogP contribution in [0.1, 0.15) is 49.5 Å². The van der Waals surface area contributed by atoms with Crippen LogP contribution < -0.4 is 5.32 Å². The highest BCUT2D eigenvalue weighted by Crippen LogP contribution is 2.37. The number of rotatable bonds is 8. The van der Waals surface area contributed by atoms with Crippen molar-refractivity contribution in [3.8, 4) is 0 Å². The maximum Gasteiger partial charge on any atom is 0.268 e. The number of aromatic nitrogens is 1. The first-order chi connectivity index (χ1) is 15.2. The van der Waals surface area contributed by atoms with Gasteiger partial charge in [-0.05, 0) is 62.6 Å². The Bertz CT molecular complexity index is 1020. The Morgan fingerprint density at radius 3 is 2.81 bits per heavy atom. The van der Waals surface area contributed by atoms with Gasteiger partial charge in [-0.2, -0.15) is 0 Å². The molecule has 6 heteroatoms. The fraction of sp³-hybridized carbons (Fsp3) is 0.400. The van der Waals surface area contributed by atoms with E-state index in [0.29, 0.717) is 23.3 Å². The first kappa shape index (κ1) is 22.3. The van der Waals surface area contributed by atoms with E-state index in [-0.39, 0.29) is 5.91 Å². The Morgan fingerprint density at radius 2 is 2.00 bits per heavy atom. The number of fused-ring (bicyclic) bond motifs is 1. The summed E-state index contributed by atoms with van der Waals surface area (Å²) >= 11 is 7.63. The van der Waals surface area contributed by atoms with Crippen LogP contribution in [-0.4, -0.2) is 41.5 Å². The van der Waals surface area contributed by atoms with E-state index in [1.807, 2.05) is 42.5 Å². The monoisotopic (exact) mass is 455 g/mol. The predicted molar refractivity (Wildman–Crippen MR) is 130 cm³/mol. The summed E-state index contributed by atoms with van der Waals surface area (Å²) in [4.78, 5) is 21.0. The van der Waals surface area contributed by atoms with E-state index in [2.05, 4.69) is 28.2 Å². The number of nitrogens with zero attached hydrogens (tertiary/aromatic N) is 1. The molecule has 3 aromatic rings. The average molecular weight is 456 g/mol. The molecule has 4 nitrogen and oxygen atoms in total. The number of hydrogen-bond donors (Lipinski definition) is 2. The molecule has 1 atom stereocenters. The summed E-state index contributed by atoms with van der Waals surface area (Å²) in [6.45, 7) is 5.21. The van der Waals surface area contributed by atoms with Crippen LogP contribution in [0.4, 0.5) is 0 Å². The van der Waals surface area contributed by atoms with Crippen molar-refractivity contribution in [1.29, 1.82) is 0 Å². The van der Waals surface area contributed by atoms with Crippen LogP contribution in [0.3, 0.4) is 0 Å². The molecule has 31 heavy (non-hydrogen) atoms. The summed E-state index contributed by atoms with van der Waals surface area (Å²) < 4.78 is 0. The quantitative estimate of drug-likeness (QED) is 0.388.